The van der Waals surface area contributed by atoms with E-state index >= 15 is 0 Å². The minimum atomic E-state index is 0.0755. The zero-order valence-corrected chi connectivity index (χ0v) is 13.8. The van der Waals surface area contributed by atoms with Crippen molar-refractivity contribution in [2.24, 2.45) is 0 Å². The summed E-state index contributed by atoms with van der Waals surface area (Å²) in [5.74, 6) is 2.60. The Kier molecular flexibility index (Phi) is 3.77. The smallest absolute Gasteiger partial charge is 0.114 e. The summed E-state index contributed by atoms with van der Waals surface area (Å²) in [6.45, 7) is 9.80. The van der Waals surface area contributed by atoms with E-state index in [0.717, 1.165) is 35.6 Å². The molecule has 116 valence electrons. The van der Waals surface area contributed by atoms with Crippen LogP contribution in [0.3, 0.4) is 0 Å². The average molecular weight is 296 g/mol. The molecule has 0 aliphatic rings. The van der Waals surface area contributed by atoms with E-state index in [1.807, 2.05) is 18.3 Å². The Labute approximate surface area is 131 Å². The third-order valence-electron chi connectivity index (χ3n) is 4.06. The molecular formula is C18H24N4. The molecule has 22 heavy (non-hydrogen) atoms. The van der Waals surface area contributed by atoms with Gasteiger partial charge in [-0.15, -0.1) is 0 Å². The highest BCUT2D eigenvalue weighted by Gasteiger charge is 2.20. The lowest BCUT2D eigenvalue weighted by molar-refractivity contribution is 0.474. The van der Waals surface area contributed by atoms with Crippen LogP contribution in [0.15, 0.2) is 36.7 Å². The summed E-state index contributed by atoms with van der Waals surface area (Å²) in [7, 11) is 0. The first kappa shape index (κ1) is 14.8. The molecule has 3 rings (SSSR count). The van der Waals surface area contributed by atoms with Gasteiger partial charge in [0.1, 0.15) is 11.6 Å². The number of H-pyrrole nitrogens is 1. The summed E-state index contributed by atoms with van der Waals surface area (Å²) in [4.78, 5) is 12.7. The number of aromatic nitrogens is 4. The van der Waals surface area contributed by atoms with Crippen LogP contribution in [-0.4, -0.2) is 19.5 Å². The van der Waals surface area contributed by atoms with Crippen LogP contribution in [0.25, 0.3) is 11.0 Å². The lowest BCUT2D eigenvalue weighted by Gasteiger charge is -2.20. The van der Waals surface area contributed by atoms with Gasteiger partial charge in [-0.1, -0.05) is 39.8 Å². The number of aryl methyl sites for hydroxylation is 1. The maximum Gasteiger partial charge on any atom is 0.114 e. The zero-order valence-electron chi connectivity index (χ0n) is 13.8. The number of hydrogen-bond acceptors (Lipinski definition) is 2. The zero-order chi connectivity index (χ0) is 15.7. The van der Waals surface area contributed by atoms with Gasteiger partial charge in [-0.3, -0.25) is 0 Å². The molecule has 2 heterocycles. The molecule has 0 aliphatic heterocycles. The van der Waals surface area contributed by atoms with E-state index in [1.54, 1.807) is 0 Å². The van der Waals surface area contributed by atoms with E-state index in [9.17, 15) is 0 Å². The lowest BCUT2D eigenvalue weighted by Crippen LogP contribution is -2.19. The number of nitrogens with one attached hydrogen (secondary N) is 1. The second kappa shape index (κ2) is 5.59. The van der Waals surface area contributed by atoms with Crippen LogP contribution in [0.5, 0.6) is 0 Å². The van der Waals surface area contributed by atoms with Crippen molar-refractivity contribution in [3.8, 4) is 0 Å². The highest BCUT2D eigenvalue weighted by molar-refractivity contribution is 5.74. The maximum atomic E-state index is 4.70. The minimum Gasteiger partial charge on any atom is -0.342 e. The van der Waals surface area contributed by atoms with Crippen molar-refractivity contribution in [2.45, 2.75) is 52.0 Å². The molecule has 1 atom stereocenters. The molecular weight excluding hydrogens is 272 g/mol. The van der Waals surface area contributed by atoms with Crippen LogP contribution in [0.2, 0.25) is 0 Å². The Morgan fingerprint density at radius 3 is 2.73 bits per heavy atom. The first-order valence-corrected chi connectivity index (χ1v) is 7.91. The fraction of sp³-hybridized carbons (Fsp3) is 0.444. The Morgan fingerprint density at radius 2 is 2.00 bits per heavy atom. The molecule has 0 bridgehead atoms. The summed E-state index contributed by atoms with van der Waals surface area (Å²) >= 11 is 0. The summed E-state index contributed by atoms with van der Waals surface area (Å²) in [5, 5.41) is 0. The second-order valence-electron chi connectivity index (χ2n) is 7.02. The van der Waals surface area contributed by atoms with Gasteiger partial charge in [-0.05, 0) is 18.6 Å². The molecule has 1 aromatic carbocycles. The van der Waals surface area contributed by atoms with Crippen molar-refractivity contribution in [3.63, 3.8) is 0 Å². The molecule has 1 N–H and O–H groups in total. The molecule has 4 nitrogen and oxygen atoms in total. The van der Waals surface area contributed by atoms with Gasteiger partial charge in [0.15, 0.2) is 0 Å². The molecule has 0 radical (unpaired) electrons. The number of fused-ring (bicyclic) bond motifs is 1. The van der Waals surface area contributed by atoms with E-state index in [1.165, 1.54) is 0 Å². The Bertz CT molecular complexity index is 728. The monoisotopic (exact) mass is 296 g/mol. The molecule has 4 heteroatoms. The van der Waals surface area contributed by atoms with Crippen molar-refractivity contribution >= 4 is 11.0 Å². The third-order valence-corrected chi connectivity index (χ3v) is 4.06. The van der Waals surface area contributed by atoms with Crippen molar-refractivity contribution in [3.05, 3.63) is 48.3 Å². The highest BCUT2D eigenvalue weighted by atomic mass is 15.1. The number of aromatic amines is 1. The molecule has 0 amide bonds. The lowest BCUT2D eigenvalue weighted by atomic mass is 9.95. The van der Waals surface area contributed by atoms with E-state index in [4.69, 9.17) is 4.98 Å². The van der Waals surface area contributed by atoms with Crippen LogP contribution in [0.4, 0.5) is 0 Å². The van der Waals surface area contributed by atoms with Crippen molar-refractivity contribution in [1.82, 2.24) is 19.5 Å². The van der Waals surface area contributed by atoms with Gasteiger partial charge in [-0.2, -0.15) is 0 Å². The Morgan fingerprint density at radius 1 is 1.23 bits per heavy atom. The van der Waals surface area contributed by atoms with Crippen LogP contribution in [-0.2, 0) is 12.0 Å². The minimum absolute atomic E-state index is 0.0755. The second-order valence-corrected chi connectivity index (χ2v) is 7.02. The SMILES string of the molecule is CC(CCn1ccnc1C(C)(C)C)c1nc2ccccc2[nH]1. The van der Waals surface area contributed by atoms with Gasteiger partial charge >= 0.3 is 0 Å². The first-order valence-electron chi connectivity index (χ1n) is 7.91. The van der Waals surface area contributed by atoms with Crippen molar-refractivity contribution in [1.29, 1.82) is 0 Å². The average Bonchev–Trinajstić information content (AvgIpc) is 3.10. The first-order chi connectivity index (χ1) is 10.4. The summed E-state index contributed by atoms with van der Waals surface area (Å²) in [6.07, 6.45) is 5.01. The third kappa shape index (κ3) is 2.91. The maximum absolute atomic E-state index is 4.70. The predicted octanol–water partition coefficient (Wildman–Crippen LogP) is 4.25. The van der Waals surface area contributed by atoms with Gasteiger partial charge in [0.05, 0.1) is 11.0 Å². The van der Waals surface area contributed by atoms with Gasteiger partial charge in [0.2, 0.25) is 0 Å². The molecule has 0 spiro atoms. The molecule has 0 saturated carbocycles. The van der Waals surface area contributed by atoms with Gasteiger partial charge in [0.25, 0.3) is 0 Å². The fourth-order valence-corrected chi connectivity index (χ4v) is 2.81. The molecule has 2 aromatic heterocycles. The molecule has 1 unspecified atom stereocenters. The van der Waals surface area contributed by atoms with Crippen molar-refractivity contribution < 1.29 is 0 Å². The normalized spacial score (nSPS) is 13.6. The van der Waals surface area contributed by atoms with E-state index in [2.05, 4.69) is 60.6 Å². The quantitative estimate of drug-likeness (QED) is 0.782. The standard InChI is InChI=1S/C18H24N4/c1-13(16-20-14-7-5-6-8-15(14)21-16)9-11-22-12-10-19-17(22)18(2,3)4/h5-8,10,12-13H,9,11H2,1-4H3,(H,20,21). The van der Waals surface area contributed by atoms with Crippen LogP contribution in [0.1, 0.15) is 51.7 Å². The molecule has 0 fully saturated rings. The molecule has 3 aromatic rings. The number of rotatable bonds is 4. The predicted molar refractivity (Wildman–Crippen MR) is 90.1 cm³/mol. The molecule has 0 aliphatic carbocycles. The number of imidazole rings is 2. The summed E-state index contributed by atoms with van der Waals surface area (Å²) < 4.78 is 2.26. The Hall–Kier alpha value is -2.10. The number of hydrogen-bond donors (Lipinski definition) is 1. The number of para-hydroxylation sites is 2. The van der Waals surface area contributed by atoms with Gasteiger partial charge in [0, 0.05) is 30.3 Å². The van der Waals surface area contributed by atoms with E-state index in [0.29, 0.717) is 5.92 Å². The van der Waals surface area contributed by atoms with Gasteiger partial charge in [-0.25, -0.2) is 9.97 Å². The Balaban J connectivity index is 1.72. The summed E-state index contributed by atoms with van der Waals surface area (Å²) in [6, 6.07) is 8.19. The number of benzene rings is 1. The van der Waals surface area contributed by atoms with Gasteiger partial charge < -0.3 is 9.55 Å². The van der Waals surface area contributed by atoms with Crippen molar-refractivity contribution in [2.75, 3.05) is 0 Å². The van der Waals surface area contributed by atoms with E-state index < -0.39 is 0 Å². The van der Waals surface area contributed by atoms with Crippen LogP contribution < -0.4 is 0 Å². The largest absolute Gasteiger partial charge is 0.342 e. The molecule has 0 saturated heterocycles. The highest BCUT2D eigenvalue weighted by Crippen LogP contribution is 2.24. The van der Waals surface area contributed by atoms with Crippen LogP contribution in [0, 0.1) is 0 Å². The van der Waals surface area contributed by atoms with E-state index in [-0.39, 0.29) is 5.41 Å². The fourth-order valence-electron chi connectivity index (χ4n) is 2.81. The van der Waals surface area contributed by atoms with Crippen LogP contribution >= 0.6 is 0 Å². The number of nitrogens with zero attached hydrogens (tertiary/aromatic N) is 3. The topological polar surface area (TPSA) is 46.5 Å². The summed E-state index contributed by atoms with van der Waals surface area (Å²) in [5.41, 5.74) is 2.23.